The minimum atomic E-state index is 0.250. The van der Waals surface area contributed by atoms with Crippen molar-refractivity contribution < 1.29 is 5.11 Å². The van der Waals surface area contributed by atoms with Gasteiger partial charge in [-0.15, -0.1) is 0 Å². The fourth-order valence-corrected chi connectivity index (χ4v) is 1.70. The second kappa shape index (κ2) is 5.78. The van der Waals surface area contributed by atoms with E-state index in [-0.39, 0.29) is 6.61 Å². The lowest BCUT2D eigenvalue weighted by molar-refractivity contribution is 0.318. The molecule has 0 saturated heterocycles. The average molecular weight is 253 g/mol. The molecule has 0 spiro atoms. The number of hydrogen-bond donors (Lipinski definition) is 1. The van der Waals surface area contributed by atoms with E-state index in [0.717, 1.165) is 4.47 Å². The summed E-state index contributed by atoms with van der Waals surface area (Å²) in [6, 6.07) is 14.5. The first-order chi connectivity index (χ1) is 6.79. The summed E-state index contributed by atoms with van der Waals surface area (Å²) >= 11 is 3.50. The number of hydrogen-bond acceptors (Lipinski definition) is 1. The monoisotopic (exact) mass is 252 g/mol. The zero-order chi connectivity index (χ0) is 10.4. The van der Waals surface area contributed by atoms with Crippen molar-refractivity contribution in [2.24, 2.45) is 0 Å². The van der Waals surface area contributed by atoms with Gasteiger partial charge in [0.2, 0.25) is 0 Å². The third-order valence-electron chi connectivity index (χ3n) is 1.74. The van der Waals surface area contributed by atoms with E-state index >= 15 is 0 Å². The Labute approximate surface area is 92.5 Å². The predicted molar refractivity (Wildman–Crippen MR) is 64.4 cm³/mol. The van der Waals surface area contributed by atoms with Gasteiger partial charge < -0.3 is 5.11 Å². The average Bonchev–Trinajstić information content (AvgIpc) is 2.20. The minimum absolute atomic E-state index is 0.250. The SMILES string of the molecule is Brc1cccc2ccccc12.CCO. The van der Waals surface area contributed by atoms with Gasteiger partial charge in [-0.25, -0.2) is 0 Å². The van der Waals surface area contributed by atoms with Crippen LogP contribution in [0.5, 0.6) is 0 Å². The summed E-state index contributed by atoms with van der Waals surface area (Å²) in [5, 5.41) is 10.1. The quantitative estimate of drug-likeness (QED) is 0.760. The van der Waals surface area contributed by atoms with Crippen molar-refractivity contribution in [3.8, 4) is 0 Å². The van der Waals surface area contributed by atoms with E-state index in [1.165, 1.54) is 10.8 Å². The predicted octanol–water partition coefficient (Wildman–Crippen LogP) is 3.60. The molecule has 0 saturated carbocycles. The molecule has 0 heterocycles. The van der Waals surface area contributed by atoms with Crippen LogP contribution in [0.25, 0.3) is 10.8 Å². The van der Waals surface area contributed by atoms with Crippen molar-refractivity contribution in [1.82, 2.24) is 0 Å². The number of halogens is 1. The third kappa shape index (κ3) is 2.82. The molecule has 2 rings (SSSR count). The van der Waals surface area contributed by atoms with E-state index < -0.39 is 0 Å². The van der Waals surface area contributed by atoms with Crippen molar-refractivity contribution in [3.05, 3.63) is 46.9 Å². The van der Waals surface area contributed by atoms with Gasteiger partial charge in [0, 0.05) is 11.1 Å². The molecular weight excluding hydrogens is 240 g/mol. The second-order valence-electron chi connectivity index (χ2n) is 2.78. The normalized spacial score (nSPS) is 9.36. The van der Waals surface area contributed by atoms with Crippen LogP contribution in [0.3, 0.4) is 0 Å². The van der Waals surface area contributed by atoms with Gasteiger partial charge in [-0.2, -0.15) is 0 Å². The largest absolute Gasteiger partial charge is 0.397 e. The minimum Gasteiger partial charge on any atom is -0.397 e. The zero-order valence-corrected chi connectivity index (χ0v) is 9.66. The Balaban J connectivity index is 0.000000293. The summed E-state index contributed by atoms with van der Waals surface area (Å²) in [5.74, 6) is 0. The molecule has 0 atom stereocenters. The molecule has 0 unspecified atom stereocenters. The third-order valence-corrected chi connectivity index (χ3v) is 2.43. The number of rotatable bonds is 0. The van der Waals surface area contributed by atoms with Crippen LogP contribution in [0.15, 0.2) is 46.9 Å². The summed E-state index contributed by atoms with van der Waals surface area (Å²) in [5.41, 5.74) is 0. The van der Waals surface area contributed by atoms with Gasteiger partial charge in [0.05, 0.1) is 0 Å². The summed E-state index contributed by atoms with van der Waals surface area (Å²) in [6.45, 7) is 1.93. The van der Waals surface area contributed by atoms with Gasteiger partial charge >= 0.3 is 0 Å². The van der Waals surface area contributed by atoms with E-state index in [1.54, 1.807) is 6.92 Å². The van der Waals surface area contributed by atoms with Crippen molar-refractivity contribution >= 4 is 26.7 Å². The number of aliphatic hydroxyl groups is 1. The first-order valence-corrected chi connectivity index (χ1v) is 5.33. The van der Waals surface area contributed by atoms with Crippen LogP contribution >= 0.6 is 15.9 Å². The van der Waals surface area contributed by atoms with Gasteiger partial charge in [0.15, 0.2) is 0 Å². The molecule has 74 valence electrons. The van der Waals surface area contributed by atoms with Crippen LogP contribution in [0.1, 0.15) is 6.92 Å². The summed E-state index contributed by atoms with van der Waals surface area (Å²) in [6.07, 6.45) is 0. The Morgan fingerprint density at radius 3 is 2.29 bits per heavy atom. The van der Waals surface area contributed by atoms with E-state index in [4.69, 9.17) is 5.11 Å². The summed E-state index contributed by atoms with van der Waals surface area (Å²) in [4.78, 5) is 0. The molecule has 2 heteroatoms. The van der Waals surface area contributed by atoms with Crippen LogP contribution in [0, 0.1) is 0 Å². The maximum Gasteiger partial charge on any atom is 0.0402 e. The van der Waals surface area contributed by atoms with Crippen LogP contribution in [0.4, 0.5) is 0 Å². The lowest BCUT2D eigenvalue weighted by Crippen LogP contribution is -1.71. The molecular formula is C12H13BrO. The standard InChI is InChI=1S/C10H7Br.C2H6O/c11-10-7-3-5-8-4-1-2-6-9(8)10;1-2-3/h1-7H;3H,2H2,1H3. The molecule has 0 aliphatic heterocycles. The smallest absolute Gasteiger partial charge is 0.0402 e. The van der Waals surface area contributed by atoms with E-state index in [0.29, 0.717) is 0 Å². The molecule has 1 N–H and O–H groups in total. The van der Waals surface area contributed by atoms with E-state index in [9.17, 15) is 0 Å². The van der Waals surface area contributed by atoms with Crippen molar-refractivity contribution in [1.29, 1.82) is 0 Å². The highest BCUT2D eigenvalue weighted by atomic mass is 79.9. The maximum atomic E-state index is 7.57. The molecule has 0 amide bonds. The highest BCUT2D eigenvalue weighted by Crippen LogP contribution is 2.22. The molecule has 0 aliphatic carbocycles. The van der Waals surface area contributed by atoms with Crippen LogP contribution in [0.2, 0.25) is 0 Å². The van der Waals surface area contributed by atoms with Crippen molar-refractivity contribution in [2.75, 3.05) is 6.61 Å². The summed E-state index contributed by atoms with van der Waals surface area (Å²) in [7, 11) is 0. The number of aliphatic hydroxyl groups excluding tert-OH is 1. The van der Waals surface area contributed by atoms with Gasteiger partial charge in [-0.05, 0) is 23.8 Å². The molecule has 2 aromatic carbocycles. The molecule has 0 bridgehead atoms. The molecule has 0 fully saturated rings. The van der Waals surface area contributed by atoms with Crippen LogP contribution in [-0.2, 0) is 0 Å². The van der Waals surface area contributed by atoms with Gasteiger partial charge in [-0.3, -0.25) is 0 Å². The summed E-state index contributed by atoms with van der Waals surface area (Å²) < 4.78 is 1.16. The first kappa shape index (κ1) is 11.2. The van der Waals surface area contributed by atoms with Gasteiger partial charge in [-0.1, -0.05) is 52.3 Å². The maximum absolute atomic E-state index is 7.57. The molecule has 14 heavy (non-hydrogen) atoms. The van der Waals surface area contributed by atoms with Crippen molar-refractivity contribution in [3.63, 3.8) is 0 Å². The number of fused-ring (bicyclic) bond motifs is 1. The second-order valence-corrected chi connectivity index (χ2v) is 3.63. The first-order valence-electron chi connectivity index (χ1n) is 4.53. The Morgan fingerprint density at radius 2 is 1.64 bits per heavy atom. The van der Waals surface area contributed by atoms with Crippen LogP contribution < -0.4 is 0 Å². The van der Waals surface area contributed by atoms with E-state index in [2.05, 4.69) is 46.3 Å². The molecule has 0 aliphatic rings. The van der Waals surface area contributed by atoms with Gasteiger partial charge in [0.25, 0.3) is 0 Å². The Kier molecular flexibility index (Phi) is 4.63. The fraction of sp³-hybridized carbons (Fsp3) is 0.167. The fourth-order valence-electron chi connectivity index (χ4n) is 1.19. The molecule has 0 radical (unpaired) electrons. The van der Waals surface area contributed by atoms with Gasteiger partial charge in [0.1, 0.15) is 0 Å². The Bertz CT molecular complexity index is 393. The molecule has 1 nitrogen and oxygen atoms in total. The van der Waals surface area contributed by atoms with Crippen LogP contribution in [-0.4, -0.2) is 11.7 Å². The Hall–Kier alpha value is -0.860. The Morgan fingerprint density at radius 1 is 1.07 bits per heavy atom. The van der Waals surface area contributed by atoms with Crippen molar-refractivity contribution in [2.45, 2.75) is 6.92 Å². The highest BCUT2D eigenvalue weighted by Gasteiger charge is 1.93. The lowest BCUT2D eigenvalue weighted by Gasteiger charge is -1.97. The topological polar surface area (TPSA) is 20.2 Å². The van der Waals surface area contributed by atoms with E-state index in [1.807, 2.05) is 12.1 Å². The zero-order valence-electron chi connectivity index (χ0n) is 8.07. The number of benzene rings is 2. The highest BCUT2D eigenvalue weighted by molar-refractivity contribution is 9.10. The molecule has 2 aromatic rings. The lowest BCUT2D eigenvalue weighted by atomic mass is 10.1. The molecule has 0 aromatic heterocycles.